The summed E-state index contributed by atoms with van der Waals surface area (Å²) in [6.07, 6.45) is 5.88. The smallest absolute Gasteiger partial charge is 0.165 e. The molecule has 1 fully saturated rings. The van der Waals surface area contributed by atoms with Gasteiger partial charge in [0.05, 0.1) is 22.1 Å². The molecule has 1 saturated heterocycles. The number of nitrogens with one attached hydrogen (secondary N) is 1. The molecule has 2 atom stereocenters. The van der Waals surface area contributed by atoms with E-state index in [1.165, 1.54) is 18.9 Å². The van der Waals surface area contributed by atoms with Crippen molar-refractivity contribution >= 4 is 34.1 Å². The van der Waals surface area contributed by atoms with Crippen molar-refractivity contribution in [2.45, 2.75) is 51.3 Å². The van der Waals surface area contributed by atoms with E-state index in [1.807, 2.05) is 0 Å². The minimum absolute atomic E-state index is 0.265. The Bertz CT molecular complexity index is 1020. The molecule has 0 aliphatic carbocycles. The van der Waals surface area contributed by atoms with Gasteiger partial charge in [0, 0.05) is 23.2 Å². The van der Waals surface area contributed by atoms with Gasteiger partial charge in [0.1, 0.15) is 11.6 Å². The summed E-state index contributed by atoms with van der Waals surface area (Å²) >= 11 is 2.23. The molecule has 148 valence electrons. The van der Waals surface area contributed by atoms with Gasteiger partial charge in [0.25, 0.3) is 0 Å². The fraction of sp³-hybridized carbons (Fsp3) is 0.400. The summed E-state index contributed by atoms with van der Waals surface area (Å²) in [5, 5.41) is 17.1. The number of nitrogens with zero attached hydrogens (tertiary/aromatic N) is 3. The number of aryl methyl sites for hydroxylation is 1. The number of rotatable bonds is 5. The lowest BCUT2D eigenvalue weighted by Gasteiger charge is -2.13. The van der Waals surface area contributed by atoms with E-state index in [0.717, 1.165) is 27.7 Å². The van der Waals surface area contributed by atoms with E-state index >= 15 is 0 Å². The molecule has 2 aromatic heterocycles. The lowest BCUT2D eigenvalue weighted by Crippen LogP contribution is -2.27. The summed E-state index contributed by atoms with van der Waals surface area (Å²) in [4.78, 5) is 4.84. The van der Waals surface area contributed by atoms with Gasteiger partial charge in [-0.1, -0.05) is 12.1 Å². The van der Waals surface area contributed by atoms with Crippen molar-refractivity contribution in [3.63, 3.8) is 0 Å². The van der Waals surface area contributed by atoms with Crippen LogP contribution in [0.25, 0.3) is 16.8 Å². The molecule has 28 heavy (non-hydrogen) atoms. The molecule has 6 nitrogen and oxygen atoms in total. The van der Waals surface area contributed by atoms with Crippen LogP contribution in [0.5, 0.6) is 0 Å². The van der Waals surface area contributed by atoms with Crippen LogP contribution in [0.1, 0.15) is 37.4 Å². The second kappa shape index (κ2) is 7.92. The number of nitrogen functional groups attached to an aromatic ring is 1. The van der Waals surface area contributed by atoms with Crippen LogP contribution in [0.2, 0.25) is 0 Å². The summed E-state index contributed by atoms with van der Waals surface area (Å²) in [5.74, 6) is 0.103. The van der Waals surface area contributed by atoms with E-state index < -0.39 is 5.82 Å². The number of aliphatic hydroxyl groups excluding tert-OH is 1. The van der Waals surface area contributed by atoms with Crippen molar-refractivity contribution in [3.05, 3.63) is 45.0 Å². The SMILES string of the molecule is C[C@@H]1CC[C@H](CCc2nc3c(-c4ccc(CO)c(F)c4)cnn3c(N)c2I)N1. The number of hydrogen-bond acceptors (Lipinski definition) is 5. The molecular weight excluding hydrogens is 472 g/mol. The molecule has 0 bridgehead atoms. The number of halogens is 2. The number of nitrogens with two attached hydrogens (primary N) is 1. The number of anilines is 1. The van der Waals surface area contributed by atoms with Crippen LogP contribution in [0.3, 0.4) is 0 Å². The summed E-state index contributed by atoms with van der Waals surface area (Å²) in [6, 6.07) is 5.84. The Morgan fingerprint density at radius 2 is 2.21 bits per heavy atom. The lowest BCUT2D eigenvalue weighted by molar-refractivity contribution is 0.276. The van der Waals surface area contributed by atoms with Crippen LogP contribution in [-0.4, -0.2) is 31.8 Å². The summed E-state index contributed by atoms with van der Waals surface area (Å²) in [6.45, 7) is 1.88. The Kier molecular flexibility index (Phi) is 5.52. The molecule has 0 unspecified atom stereocenters. The predicted octanol–water partition coefficient (Wildman–Crippen LogP) is 3.29. The Hall–Kier alpha value is -1.78. The minimum Gasteiger partial charge on any atom is -0.392 e. The van der Waals surface area contributed by atoms with Gasteiger partial charge in [0.2, 0.25) is 0 Å². The number of hydrogen-bond donors (Lipinski definition) is 3. The highest BCUT2D eigenvalue weighted by molar-refractivity contribution is 14.1. The summed E-state index contributed by atoms with van der Waals surface area (Å²) in [7, 11) is 0. The van der Waals surface area contributed by atoms with Gasteiger partial charge < -0.3 is 16.2 Å². The molecule has 0 spiro atoms. The summed E-state index contributed by atoms with van der Waals surface area (Å²) in [5.41, 5.74) is 9.54. The van der Waals surface area contributed by atoms with Gasteiger partial charge in [-0.15, -0.1) is 0 Å². The normalized spacial score (nSPS) is 19.6. The van der Waals surface area contributed by atoms with Crippen molar-refractivity contribution < 1.29 is 9.50 Å². The number of fused-ring (bicyclic) bond motifs is 1. The second-order valence-corrected chi connectivity index (χ2v) is 8.48. The molecule has 3 aromatic rings. The number of benzene rings is 1. The topological polar surface area (TPSA) is 88.5 Å². The van der Waals surface area contributed by atoms with Gasteiger partial charge in [0.15, 0.2) is 5.65 Å². The molecule has 0 saturated carbocycles. The number of aliphatic hydroxyl groups is 1. The first-order valence-electron chi connectivity index (χ1n) is 9.45. The molecule has 4 N–H and O–H groups in total. The summed E-state index contributed by atoms with van der Waals surface area (Å²) < 4.78 is 16.7. The molecule has 0 amide bonds. The maximum Gasteiger partial charge on any atom is 0.165 e. The molecular formula is C20H23FIN5O. The van der Waals surface area contributed by atoms with Gasteiger partial charge in [-0.25, -0.2) is 9.37 Å². The van der Waals surface area contributed by atoms with E-state index in [-0.39, 0.29) is 12.2 Å². The van der Waals surface area contributed by atoms with Gasteiger partial charge in [-0.3, -0.25) is 0 Å². The zero-order chi connectivity index (χ0) is 19.8. The first kappa shape index (κ1) is 19.5. The molecule has 4 rings (SSSR count). The fourth-order valence-electron chi connectivity index (χ4n) is 3.81. The maximum absolute atomic E-state index is 14.1. The monoisotopic (exact) mass is 495 g/mol. The Morgan fingerprint density at radius 1 is 1.39 bits per heavy atom. The van der Waals surface area contributed by atoms with Crippen LogP contribution >= 0.6 is 22.6 Å². The van der Waals surface area contributed by atoms with E-state index in [9.17, 15) is 9.50 Å². The van der Waals surface area contributed by atoms with Crippen molar-refractivity contribution in [2.75, 3.05) is 5.73 Å². The first-order valence-corrected chi connectivity index (χ1v) is 10.5. The Morgan fingerprint density at radius 3 is 2.89 bits per heavy atom. The van der Waals surface area contributed by atoms with Crippen LogP contribution < -0.4 is 11.1 Å². The van der Waals surface area contributed by atoms with Gasteiger partial charge in [-0.05, 0) is 66.8 Å². The van der Waals surface area contributed by atoms with Gasteiger partial charge in [-0.2, -0.15) is 9.61 Å². The van der Waals surface area contributed by atoms with E-state index in [2.05, 4.69) is 39.9 Å². The molecule has 1 aliphatic rings. The average Bonchev–Trinajstić information content (AvgIpc) is 3.29. The molecule has 3 heterocycles. The highest BCUT2D eigenvalue weighted by Gasteiger charge is 2.22. The Labute approximate surface area is 176 Å². The quantitative estimate of drug-likeness (QED) is 0.473. The van der Waals surface area contributed by atoms with E-state index in [1.54, 1.807) is 22.8 Å². The van der Waals surface area contributed by atoms with Crippen molar-refractivity contribution in [3.8, 4) is 11.1 Å². The van der Waals surface area contributed by atoms with Crippen LogP contribution in [0, 0.1) is 9.39 Å². The standard InChI is InChI=1S/C20H23FIN5O/c1-11-2-5-14(25-11)6-7-17-18(22)19(23)27-20(26-17)15(9-24-27)12-3-4-13(10-28)16(21)8-12/h3-4,8-9,11,14,25,28H,2,5-7,10,23H2,1H3/t11-,14-/m1/s1. The lowest BCUT2D eigenvalue weighted by atomic mass is 10.1. The van der Waals surface area contributed by atoms with Crippen LogP contribution in [0.15, 0.2) is 24.4 Å². The molecule has 0 radical (unpaired) electrons. The van der Waals surface area contributed by atoms with Crippen LogP contribution in [0.4, 0.5) is 10.2 Å². The van der Waals surface area contributed by atoms with E-state index in [0.29, 0.717) is 29.1 Å². The third-order valence-electron chi connectivity index (χ3n) is 5.42. The molecule has 1 aliphatic heterocycles. The maximum atomic E-state index is 14.1. The van der Waals surface area contributed by atoms with Crippen LogP contribution in [-0.2, 0) is 13.0 Å². The first-order chi connectivity index (χ1) is 13.5. The van der Waals surface area contributed by atoms with Crippen molar-refractivity contribution in [2.24, 2.45) is 0 Å². The molecule has 1 aromatic carbocycles. The minimum atomic E-state index is -0.445. The van der Waals surface area contributed by atoms with E-state index in [4.69, 9.17) is 10.7 Å². The predicted molar refractivity (Wildman–Crippen MR) is 115 cm³/mol. The third-order valence-corrected chi connectivity index (χ3v) is 6.60. The third kappa shape index (κ3) is 3.60. The van der Waals surface area contributed by atoms with Crippen molar-refractivity contribution in [1.29, 1.82) is 0 Å². The number of aromatic nitrogens is 3. The zero-order valence-electron chi connectivity index (χ0n) is 15.6. The largest absolute Gasteiger partial charge is 0.392 e. The highest BCUT2D eigenvalue weighted by atomic mass is 127. The molecule has 8 heteroatoms. The second-order valence-electron chi connectivity index (χ2n) is 7.40. The van der Waals surface area contributed by atoms with Gasteiger partial charge >= 0.3 is 0 Å². The Balaban J connectivity index is 1.69. The highest BCUT2D eigenvalue weighted by Crippen LogP contribution is 2.30. The zero-order valence-corrected chi connectivity index (χ0v) is 17.8. The van der Waals surface area contributed by atoms with Crippen molar-refractivity contribution in [1.82, 2.24) is 19.9 Å². The average molecular weight is 495 g/mol. The fourth-order valence-corrected chi connectivity index (χ4v) is 4.43.